The maximum atomic E-state index is 13.1. The number of halogens is 1. The van der Waals surface area contributed by atoms with Crippen molar-refractivity contribution in [1.29, 1.82) is 0 Å². The number of aryl methyl sites for hydroxylation is 1. The number of benzene rings is 2. The molecular weight excluding hydrogens is 247 g/mol. The molecule has 4 heteroatoms. The van der Waals surface area contributed by atoms with Crippen molar-refractivity contribution in [3.05, 3.63) is 65.0 Å². The molecule has 98 valence electrons. The Balaban J connectivity index is 2.12. The quantitative estimate of drug-likeness (QED) is 0.916. The second-order valence-corrected chi connectivity index (χ2v) is 4.20. The van der Waals surface area contributed by atoms with Crippen molar-refractivity contribution in [2.24, 2.45) is 0 Å². The van der Waals surface area contributed by atoms with E-state index >= 15 is 0 Å². The molecule has 0 atom stereocenters. The summed E-state index contributed by atoms with van der Waals surface area (Å²) >= 11 is 0. The van der Waals surface area contributed by atoms with Gasteiger partial charge >= 0.3 is 5.97 Å². The zero-order chi connectivity index (χ0) is 13.8. The number of hydrogen-bond donors (Lipinski definition) is 1. The molecule has 0 amide bonds. The standard InChI is InChI=1S/C15H13FO3/c1-10-5-6-13(16)8-14(10)19-9-11-3-2-4-12(7-11)15(17)18/h2-8H,9H2,1H3,(H,17,18). The molecule has 0 aliphatic rings. The fourth-order valence-corrected chi connectivity index (χ4v) is 1.68. The molecule has 0 spiro atoms. The molecule has 2 rings (SSSR count). The van der Waals surface area contributed by atoms with Crippen molar-refractivity contribution in [3.63, 3.8) is 0 Å². The van der Waals surface area contributed by atoms with E-state index < -0.39 is 5.97 Å². The molecule has 0 bridgehead atoms. The number of aromatic carboxylic acids is 1. The molecule has 0 aromatic heterocycles. The second-order valence-electron chi connectivity index (χ2n) is 4.20. The van der Waals surface area contributed by atoms with Gasteiger partial charge in [-0.3, -0.25) is 0 Å². The van der Waals surface area contributed by atoms with Crippen LogP contribution < -0.4 is 4.74 Å². The lowest BCUT2D eigenvalue weighted by Gasteiger charge is -2.09. The molecule has 0 saturated heterocycles. The van der Waals surface area contributed by atoms with Crippen LogP contribution in [0.1, 0.15) is 21.5 Å². The van der Waals surface area contributed by atoms with E-state index in [2.05, 4.69) is 0 Å². The summed E-state index contributed by atoms with van der Waals surface area (Å²) in [7, 11) is 0. The van der Waals surface area contributed by atoms with Gasteiger partial charge in [0.25, 0.3) is 0 Å². The number of ether oxygens (including phenoxy) is 1. The lowest BCUT2D eigenvalue weighted by atomic mass is 10.1. The third kappa shape index (κ3) is 3.31. The molecule has 0 unspecified atom stereocenters. The van der Waals surface area contributed by atoms with Crippen molar-refractivity contribution in [3.8, 4) is 5.75 Å². The Morgan fingerprint density at radius 3 is 2.79 bits per heavy atom. The average molecular weight is 260 g/mol. The van der Waals surface area contributed by atoms with Crippen LogP contribution >= 0.6 is 0 Å². The monoisotopic (exact) mass is 260 g/mol. The van der Waals surface area contributed by atoms with Crippen molar-refractivity contribution in [2.75, 3.05) is 0 Å². The number of hydrogen-bond acceptors (Lipinski definition) is 2. The number of carbonyl (C=O) groups is 1. The van der Waals surface area contributed by atoms with Gasteiger partial charge in [0, 0.05) is 6.07 Å². The molecule has 0 fully saturated rings. The van der Waals surface area contributed by atoms with Crippen LogP contribution in [0.25, 0.3) is 0 Å². The largest absolute Gasteiger partial charge is 0.489 e. The highest BCUT2D eigenvalue weighted by atomic mass is 19.1. The van der Waals surface area contributed by atoms with Gasteiger partial charge in [0.05, 0.1) is 5.56 Å². The minimum atomic E-state index is -0.983. The Kier molecular flexibility index (Phi) is 3.80. The van der Waals surface area contributed by atoms with Crippen LogP contribution in [0.2, 0.25) is 0 Å². The van der Waals surface area contributed by atoms with Crippen molar-refractivity contribution < 1.29 is 19.0 Å². The lowest BCUT2D eigenvalue weighted by Crippen LogP contribution is -2.01. The van der Waals surface area contributed by atoms with E-state index in [9.17, 15) is 9.18 Å². The third-order valence-corrected chi connectivity index (χ3v) is 2.72. The molecule has 0 aliphatic heterocycles. The summed E-state index contributed by atoms with van der Waals surface area (Å²) in [5.74, 6) is -0.885. The van der Waals surface area contributed by atoms with Crippen LogP contribution in [-0.2, 0) is 6.61 Å². The maximum Gasteiger partial charge on any atom is 0.335 e. The first kappa shape index (κ1) is 13.1. The zero-order valence-corrected chi connectivity index (χ0v) is 10.4. The summed E-state index contributed by atoms with van der Waals surface area (Å²) in [6, 6.07) is 10.8. The predicted octanol–water partition coefficient (Wildman–Crippen LogP) is 3.41. The van der Waals surface area contributed by atoms with Crippen molar-refractivity contribution in [2.45, 2.75) is 13.5 Å². The Morgan fingerprint density at radius 1 is 1.26 bits per heavy atom. The number of carboxylic acids is 1. The van der Waals surface area contributed by atoms with Crippen molar-refractivity contribution >= 4 is 5.97 Å². The van der Waals surface area contributed by atoms with Crippen LogP contribution in [0.15, 0.2) is 42.5 Å². The molecule has 0 saturated carbocycles. The first-order chi connectivity index (χ1) is 9.06. The molecule has 0 aliphatic carbocycles. The minimum absolute atomic E-state index is 0.200. The van der Waals surface area contributed by atoms with E-state index in [-0.39, 0.29) is 18.0 Å². The van der Waals surface area contributed by atoms with Gasteiger partial charge in [-0.15, -0.1) is 0 Å². The van der Waals surface area contributed by atoms with E-state index in [4.69, 9.17) is 9.84 Å². The number of carboxylic acid groups (broad SMARTS) is 1. The number of rotatable bonds is 4. The van der Waals surface area contributed by atoms with Gasteiger partial charge in [-0.1, -0.05) is 18.2 Å². The Hall–Kier alpha value is -2.36. The van der Waals surface area contributed by atoms with Crippen molar-refractivity contribution in [1.82, 2.24) is 0 Å². The van der Waals surface area contributed by atoms with Crippen LogP contribution in [-0.4, -0.2) is 11.1 Å². The molecule has 3 nitrogen and oxygen atoms in total. The SMILES string of the molecule is Cc1ccc(F)cc1OCc1cccc(C(=O)O)c1. The van der Waals surface area contributed by atoms with E-state index in [1.165, 1.54) is 24.3 Å². The summed E-state index contributed by atoms with van der Waals surface area (Å²) in [5.41, 5.74) is 1.76. The fourth-order valence-electron chi connectivity index (χ4n) is 1.68. The molecule has 0 radical (unpaired) electrons. The van der Waals surface area contributed by atoms with E-state index in [1.54, 1.807) is 18.2 Å². The first-order valence-electron chi connectivity index (χ1n) is 5.77. The molecule has 2 aromatic carbocycles. The smallest absolute Gasteiger partial charge is 0.335 e. The third-order valence-electron chi connectivity index (χ3n) is 2.72. The van der Waals surface area contributed by atoms with Gasteiger partial charge in [-0.05, 0) is 36.2 Å². The minimum Gasteiger partial charge on any atom is -0.489 e. The molecule has 2 aromatic rings. The normalized spacial score (nSPS) is 10.2. The van der Waals surface area contributed by atoms with E-state index in [0.717, 1.165) is 11.1 Å². The van der Waals surface area contributed by atoms with Crippen LogP contribution in [0.4, 0.5) is 4.39 Å². The van der Waals surface area contributed by atoms with Gasteiger partial charge in [-0.25, -0.2) is 9.18 Å². The fraction of sp³-hybridized carbons (Fsp3) is 0.133. The highest BCUT2D eigenvalue weighted by Crippen LogP contribution is 2.20. The van der Waals surface area contributed by atoms with E-state index in [0.29, 0.717) is 5.75 Å². The van der Waals surface area contributed by atoms with Crippen LogP contribution in [0.5, 0.6) is 5.75 Å². The van der Waals surface area contributed by atoms with Gasteiger partial charge in [-0.2, -0.15) is 0 Å². The Morgan fingerprint density at radius 2 is 2.05 bits per heavy atom. The average Bonchev–Trinajstić information content (AvgIpc) is 2.40. The molecule has 19 heavy (non-hydrogen) atoms. The second kappa shape index (κ2) is 5.52. The molecule has 0 heterocycles. The highest BCUT2D eigenvalue weighted by Gasteiger charge is 2.05. The van der Waals surface area contributed by atoms with Crippen LogP contribution in [0, 0.1) is 12.7 Å². The molecule has 1 N–H and O–H groups in total. The zero-order valence-electron chi connectivity index (χ0n) is 10.4. The topological polar surface area (TPSA) is 46.5 Å². The predicted molar refractivity (Wildman–Crippen MR) is 68.9 cm³/mol. The summed E-state index contributed by atoms with van der Waals surface area (Å²) in [6.45, 7) is 2.02. The summed E-state index contributed by atoms with van der Waals surface area (Å²) in [6.07, 6.45) is 0. The lowest BCUT2D eigenvalue weighted by molar-refractivity contribution is 0.0696. The van der Waals surface area contributed by atoms with Gasteiger partial charge in [0.2, 0.25) is 0 Å². The first-order valence-corrected chi connectivity index (χ1v) is 5.77. The van der Waals surface area contributed by atoms with Gasteiger partial charge in [0.15, 0.2) is 0 Å². The summed E-state index contributed by atoms with van der Waals surface area (Å²) in [4.78, 5) is 10.8. The highest BCUT2D eigenvalue weighted by molar-refractivity contribution is 5.87. The van der Waals surface area contributed by atoms with Gasteiger partial charge in [0.1, 0.15) is 18.2 Å². The Bertz CT molecular complexity index is 608. The van der Waals surface area contributed by atoms with Crippen LogP contribution in [0.3, 0.4) is 0 Å². The summed E-state index contributed by atoms with van der Waals surface area (Å²) < 4.78 is 18.6. The Labute approximate surface area is 110 Å². The summed E-state index contributed by atoms with van der Waals surface area (Å²) in [5, 5.41) is 8.88. The molecular formula is C15H13FO3. The van der Waals surface area contributed by atoms with Gasteiger partial charge < -0.3 is 9.84 Å². The maximum absolute atomic E-state index is 13.1. The van der Waals surface area contributed by atoms with E-state index in [1.807, 2.05) is 6.92 Å².